The smallest absolute Gasteiger partial charge is 0.251 e. The maximum absolute atomic E-state index is 12.8. The second-order valence-electron chi connectivity index (χ2n) is 7.56. The van der Waals surface area contributed by atoms with Crippen molar-refractivity contribution in [3.05, 3.63) is 29.8 Å². The number of amides is 2. The predicted octanol–water partition coefficient (Wildman–Crippen LogP) is 2.49. The molecule has 0 spiro atoms. The van der Waals surface area contributed by atoms with Crippen molar-refractivity contribution in [2.75, 3.05) is 32.7 Å². The fourth-order valence-corrected chi connectivity index (χ4v) is 4.88. The lowest BCUT2D eigenvalue weighted by Crippen LogP contribution is -2.49. The first-order valence-electron chi connectivity index (χ1n) is 10.4. The Kier molecular flexibility index (Phi) is 8.64. The molecule has 0 radical (unpaired) electrons. The lowest BCUT2D eigenvalue weighted by molar-refractivity contribution is -0.129. The summed E-state index contributed by atoms with van der Waals surface area (Å²) in [4.78, 5) is 25.6. The van der Waals surface area contributed by atoms with Gasteiger partial charge in [0.2, 0.25) is 15.9 Å². The van der Waals surface area contributed by atoms with Gasteiger partial charge in [-0.25, -0.2) is 8.42 Å². The number of benzene rings is 1. The average molecular weight is 424 g/mol. The lowest BCUT2D eigenvalue weighted by atomic mass is 9.99. The Morgan fingerprint density at radius 2 is 1.69 bits per heavy atom. The van der Waals surface area contributed by atoms with Crippen LogP contribution in [-0.4, -0.2) is 62.2 Å². The zero-order valence-corrected chi connectivity index (χ0v) is 18.5. The topological polar surface area (TPSA) is 86.8 Å². The maximum Gasteiger partial charge on any atom is 0.251 e. The van der Waals surface area contributed by atoms with E-state index < -0.39 is 10.0 Å². The Morgan fingerprint density at radius 1 is 1.07 bits per heavy atom. The summed E-state index contributed by atoms with van der Waals surface area (Å²) in [6.07, 6.45) is 4.42. The van der Waals surface area contributed by atoms with E-state index in [0.29, 0.717) is 31.1 Å². The summed E-state index contributed by atoms with van der Waals surface area (Å²) in [5, 5.41) is 2.96. The minimum Gasteiger partial charge on any atom is -0.352 e. The van der Waals surface area contributed by atoms with Gasteiger partial charge in [0.15, 0.2) is 0 Å². The monoisotopic (exact) mass is 423 g/mol. The zero-order valence-electron chi connectivity index (χ0n) is 17.7. The molecule has 1 aromatic rings. The SMILES string of the molecule is CCCCC(CC)CNC(=O)c1ccc(S(=O)(=O)N2CCN(C(C)=O)CC2)cc1. The molecule has 162 valence electrons. The molecular formula is C21H33N3O4S. The summed E-state index contributed by atoms with van der Waals surface area (Å²) in [5.74, 6) is 0.239. The Morgan fingerprint density at radius 3 is 2.21 bits per heavy atom. The molecule has 1 unspecified atom stereocenters. The first-order chi connectivity index (χ1) is 13.8. The van der Waals surface area contributed by atoms with Gasteiger partial charge in [-0.1, -0.05) is 33.1 Å². The summed E-state index contributed by atoms with van der Waals surface area (Å²) in [6, 6.07) is 6.08. The van der Waals surface area contributed by atoms with Gasteiger partial charge in [-0.15, -0.1) is 0 Å². The van der Waals surface area contributed by atoms with Gasteiger partial charge >= 0.3 is 0 Å². The number of unbranched alkanes of at least 4 members (excludes halogenated alkanes) is 1. The zero-order chi connectivity index (χ0) is 21.4. The van der Waals surface area contributed by atoms with Crippen molar-refractivity contribution in [2.45, 2.75) is 51.3 Å². The molecule has 0 saturated carbocycles. The normalized spacial score (nSPS) is 16.4. The van der Waals surface area contributed by atoms with Crippen molar-refractivity contribution < 1.29 is 18.0 Å². The van der Waals surface area contributed by atoms with Gasteiger partial charge in [0, 0.05) is 45.2 Å². The third-order valence-electron chi connectivity index (χ3n) is 5.53. The Hall–Kier alpha value is -1.93. The number of hydrogen-bond donors (Lipinski definition) is 1. The third kappa shape index (κ3) is 6.27. The van der Waals surface area contributed by atoms with Crippen LogP contribution in [0.4, 0.5) is 0 Å². The van der Waals surface area contributed by atoms with Crippen LogP contribution >= 0.6 is 0 Å². The van der Waals surface area contributed by atoms with Crippen LogP contribution in [0, 0.1) is 5.92 Å². The van der Waals surface area contributed by atoms with Crippen LogP contribution in [0.1, 0.15) is 56.8 Å². The molecule has 0 aliphatic carbocycles. The van der Waals surface area contributed by atoms with E-state index in [2.05, 4.69) is 19.2 Å². The number of carbonyl (C=O) groups excluding carboxylic acids is 2. The van der Waals surface area contributed by atoms with Gasteiger partial charge in [-0.05, 0) is 36.6 Å². The van der Waals surface area contributed by atoms with Crippen molar-refractivity contribution in [2.24, 2.45) is 5.92 Å². The van der Waals surface area contributed by atoms with Gasteiger partial charge in [-0.2, -0.15) is 4.31 Å². The van der Waals surface area contributed by atoms with E-state index >= 15 is 0 Å². The number of nitrogens with zero attached hydrogens (tertiary/aromatic N) is 2. The highest BCUT2D eigenvalue weighted by Crippen LogP contribution is 2.19. The highest BCUT2D eigenvalue weighted by atomic mass is 32.2. The van der Waals surface area contributed by atoms with E-state index in [1.807, 2.05) is 0 Å². The third-order valence-corrected chi connectivity index (χ3v) is 7.45. The molecule has 1 N–H and O–H groups in total. The highest BCUT2D eigenvalue weighted by molar-refractivity contribution is 7.89. The van der Waals surface area contributed by atoms with Gasteiger partial charge in [-0.3, -0.25) is 9.59 Å². The fourth-order valence-electron chi connectivity index (χ4n) is 3.45. The summed E-state index contributed by atoms with van der Waals surface area (Å²) in [7, 11) is -3.63. The highest BCUT2D eigenvalue weighted by Gasteiger charge is 2.29. The van der Waals surface area contributed by atoms with Crippen molar-refractivity contribution >= 4 is 21.8 Å². The fraction of sp³-hybridized carbons (Fsp3) is 0.619. The molecular weight excluding hydrogens is 390 g/mol. The number of sulfonamides is 1. The van der Waals surface area contributed by atoms with Crippen LogP contribution in [0.15, 0.2) is 29.2 Å². The summed E-state index contributed by atoms with van der Waals surface area (Å²) in [5.41, 5.74) is 0.454. The number of rotatable bonds is 9. The Bertz CT molecular complexity index is 785. The minimum absolute atomic E-state index is 0.0441. The van der Waals surface area contributed by atoms with Crippen LogP contribution in [0.25, 0.3) is 0 Å². The standard InChI is InChI=1S/C21H33N3O4S/c1-4-6-7-18(5-2)16-22-21(26)19-8-10-20(11-9-19)29(27,28)24-14-12-23(13-15-24)17(3)25/h8-11,18H,4-7,12-16H2,1-3H3,(H,22,26). The van der Waals surface area contributed by atoms with E-state index in [-0.39, 0.29) is 29.8 Å². The minimum atomic E-state index is -3.63. The molecule has 0 bridgehead atoms. The Balaban J connectivity index is 1.96. The maximum atomic E-state index is 12.8. The quantitative estimate of drug-likeness (QED) is 0.661. The summed E-state index contributed by atoms with van der Waals surface area (Å²) >= 11 is 0. The molecule has 2 rings (SSSR count). The van der Waals surface area contributed by atoms with Crippen molar-refractivity contribution in [3.63, 3.8) is 0 Å². The molecule has 7 nitrogen and oxygen atoms in total. The number of piperazine rings is 1. The van der Waals surface area contributed by atoms with Gasteiger partial charge in [0.25, 0.3) is 5.91 Å². The molecule has 1 heterocycles. The molecule has 0 aromatic heterocycles. The van der Waals surface area contributed by atoms with Crippen LogP contribution in [0.3, 0.4) is 0 Å². The van der Waals surface area contributed by atoms with Crippen molar-refractivity contribution in [3.8, 4) is 0 Å². The predicted molar refractivity (Wildman–Crippen MR) is 113 cm³/mol. The summed E-state index contributed by atoms with van der Waals surface area (Å²) in [6.45, 7) is 7.75. The van der Waals surface area contributed by atoms with Crippen LogP contribution < -0.4 is 5.32 Å². The molecule has 1 aromatic carbocycles. The van der Waals surface area contributed by atoms with Gasteiger partial charge < -0.3 is 10.2 Å². The van der Waals surface area contributed by atoms with E-state index in [1.54, 1.807) is 17.0 Å². The summed E-state index contributed by atoms with van der Waals surface area (Å²) < 4.78 is 27.0. The number of carbonyl (C=O) groups is 2. The largest absolute Gasteiger partial charge is 0.352 e. The van der Waals surface area contributed by atoms with Crippen LogP contribution in [0.5, 0.6) is 0 Å². The number of nitrogens with one attached hydrogen (secondary N) is 1. The first-order valence-corrected chi connectivity index (χ1v) is 11.9. The van der Waals surface area contributed by atoms with Gasteiger partial charge in [0.1, 0.15) is 0 Å². The molecule has 1 atom stereocenters. The van der Waals surface area contributed by atoms with Crippen LogP contribution in [0.2, 0.25) is 0 Å². The second-order valence-corrected chi connectivity index (χ2v) is 9.50. The number of hydrogen-bond acceptors (Lipinski definition) is 4. The average Bonchev–Trinajstić information content (AvgIpc) is 2.73. The van der Waals surface area contributed by atoms with Gasteiger partial charge in [0.05, 0.1) is 4.90 Å². The van der Waals surface area contributed by atoms with E-state index in [4.69, 9.17) is 0 Å². The molecule has 2 amide bonds. The molecule has 1 fully saturated rings. The van der Waals surface area contributed by atoms with Crippen molar-refractivity contribution in [1.82, 2.24) is 14.5 Å². The molecule has 1 saturated heterocycles. The van der Waals surface area contributed by atoms with Crippen LogP contribution in [-0.2, 0) is 14.8 Å². The first kappa shape index (κ1) is 23.3. The van der Waals surface area contributed by atoms with E-state index in [0.717, 1.165) is 25.7 Å². The van der Waals surface area contributed by atoms with Crippen molar-refractivity contribution in [1.29, 1.82) is 0 Å². The molecule has 1 aliphatic rings. The lowest BCUT2D eigenvalue weighted by Gasteiger charge is -2.33. The second kappa shape index (κ2) is 10.7. The van der Waals surface area contributed by atoms with E-state index in [1.165, 1.54) is 23.4 Å². The molecule has 8 heteroatoms. The molecule has 29 heavy (non-hydrogen) atoms. The van der Waals surface area contributed by atoms with E-state index in [9.17, 15) is 18.0 Å². The Labute approximate surface area is 174 Å². The molecule has 1 aliphatic heterocycles.